The molecule has 0 unspecified atom stereocenters. The van der Waals surface area contributed by atoms with Crippen molar-refractivity contribution in [3.05, 3.63) is 81.2 Å². The van der Waals surface area contributed by atoms with Gasteiger partial charge in [-0.05, 0) is 64.8 Å². The third-order valence-corrected chi connectivity index (χ3v) is 10.1. The Bertz CT molecular complexity index is 920. The van der Waals surface area contributed by atoms with Gasteiger partial charge in [0.05, 0.1) is 30.2 Å². The molecule has 6 heteroatoms. The number of benzene rings is 2. The molecule has 0 heterocycles. The molecule has 170 valence electrons. The molecule has 0 N–H and O–H groups in total. The molecule has 0 fully saturated rings. The lowest BCUT2D eigenvalue weighted by Crippen LogP contribution is -2.18. The molecule has 0 atom stereocenters. The predicted octanol–water partition coefficient (Wildman–Crippen LogP) is 3.61. The summed E-state index contributed by atoms with van der Waals surface area (Å²) in [5, 5.41) is 5.45. The second-order valence-corrected chi connectivity index (χ2v) is 12.8. The molecule has 4 nitrogen and oxygen atoms in total. The van der Waals surface area contributed by atoms with Crippen molar-refractivity contribution in [2.24, 2.45) is 0 Å². The lowest BCUT2D eigenvalue weighted by molar-refractivity contribution is -0.187. The molecule has 32 heavy (non-hydrogen) atoms. The molecule has 0 aliphatic heterocycles. The number of carbonyl (C=O) groups is 2. The largest absolute Gasteiger partial charge is 0.386 e. The summed E-state index contributed by atoms with van der Waals surface area (Å²) in [5.74, 6) is -1.35. The molecular formula is C26H34O4Si2. The van der Waals surface area contributed by atoms with Gasteiger partial charge in [0, 0.05) is 0 Å². The SMILES string of the molecule is CCC(C)=C(C)[SiH2]c1ccc(C(=O)OOC(=O)c2ccc([SiH2]C(C)=C(C)CC)cc2)cc1. The summed E-state index contributed by atoms with van der Waals surface area (Å²) in [7, 11) is -1.04. The third-order valence-electron chi connectivity index (χ3n) is 6.03. The third kappa shape index (κ3) is 7.46. The highest BCUT2D eigenvalue weighted by Crippen LogP contribution is 2.09. The standard InChI is InChI=1S/C26H34O4Si2/c1-7-17(3)19(5)31-23-13-9-21(10-14-23)25(27)29-30-26(28)22-11-15-24(16-12-22)32-20(6)18(4)8-2/h9-16H,7-8,31-32H2,1-6H3. The van der Waals surface area contributed by atoms with Crippen molar-refractivity contribution < 1.29 is 19.4 Å². The number of carbonyl (C=O) groups excluding carboxylic acids is 2. The van der Waals surface area contributed by atoms with Crippen molar-refractivity contribution in [3.8, 4) is 0 Å². The number of hydrogen-bond donors (Lipinski definition) is 0. The zero-order valence-corrected chi connectivity index (χ0v) is 22.9. The first-order valence-corrected chi connectivity index (χ1v) is 14.0. The average molecular weight is 467 g/mol. The number of allylic oxidation sites excluding steroid dienone is 4. The zero-order chi connectivity index (χ0) is 23.7. The van der Waals surface area contributed by atoms with Gasteiger partial charge in [-0.3, -0.25) is 0 Å². The van der Waals surface area contributed by atoms with Crippen LogP contribution in [-0.4, -0.2) is 31.0 Å². The first kappa shape index (κ1) is 25.6. The van der Waals surface area contributed by atoms with E-state index in [-0.39, 0.29) is 0 Å². The van der Waals surface area contributed by atoms with E-state index in [4.69, 9.17) is 9.78 Å². The summed E-state index contributed by atoms with van der Waals surface area (Å²) in [6.07, 6.45) is 2.13. The van der Waals surface area contributed by atoms with E-state index in [1.807, 2.05) is 24.3 Å². The molecule has 2 aromatic carbocycles. The van der Waals surface area contributed by atoms with Gasteiger partial charge in [0.1, 0.15) is 0 Å². The van der Waals surface area contributed by atoms with Crippen LogP contribution in [0.4, 0.5) is 0 Å². The van der Waals surface area contributed by atoms with Crippen LogP contribution in [0.2, 0.25) is 0 Å². The molecule has 0 aromatic heterocycles. The maximum absolute atomic E-state index is 12.2. The van der Waals surface area contributed by atoms with Gasteiger partial charge >= 0.3 is 11.9 Å². The second-order valence-electron chi connectivity index (χ2n) is 8.32. The quantitative estimate of drug-likeness (QED) is 0.339. The lowest BCUT2D eigenvalue weighted by Gasteiger charge is -2.08. The van der Waals surface area contributed by atoms with E-state index < -0.39 is 31.0 Å². The molecule has 0 bridgehead atoms. The van der Waals surface area contributed by atoms with Gasteiger partial charge in [0.25, 0.3) is 0 Å². The Morgan fingerprint density at radius 1 is 0.625 bits per heavy atom. The minimum Gasteiger partial charge on any atom is -0.242 e. The van der Waals surface area contributed by atoms with Gasteiger partial charge in [0.15, 0.2) is 0 Å². The van der Waals surface area contributed by atoms with Crippen LogP contribution in [-0.2, 0) is 9.78 Å². The Hall–Kier alpha value is -2.71. The smallest absolute Gasteiger partial charge is 0.242 e. The normalized spacial score (nSPS) is 13.3. The highest BCUT2D eigenvalue weighted by molar-refractivity contribution is 6.61. The van der Waals surface area contributed by atoms with Crippen molar-refractivity contribution in [3.63, 3.8) is 0 Å². The van der Waals surface area contributed by atoms with Crippen LogP contribution in [0.5, 0.6) is 0 Å². The van der Waals surface area contributed by atoms with E-state index in [1.54, 1.807) is 24.3 Å². The van der Waals surface area contributed by atoms with Crippen LogP contribution in [0.15, 0.2) is 70.1 Å². The summed E-state index contributed by atoms with van der Waals surface area (Å²) in [6, 6.07) is 14.7. The van der Waals surface area contributed by atoms with Gasteiger partial charge in [0.2, 0.25) is 0 Å². The monoisotopic (exact) mass is 466 g/mol. The van der Waals surface area contributed by atoms with E-state index in [2.05, 4.69) is 41.5 Å². The fraction of sp³-hybridized carbons (Fsp3) is 0.308. The molecule has 0 aliphatic carbocycles. The molecular weight excluding hydrogens is 432 g/mol. The Balaban J connectivity index is 1.92. The van der Waals surface area contributed by atoms with E-state index in [9.17, 15) is 9.59 Å². The Kier molecular flexibility index (Phi) is 9.87. The molecule has 2 aromatic rings. The minimum atomic E-state index is -0.677. The molecule has 0 radical (unpaired) electrons. The fourth-order valence-corrected chi connectivity index (χ4v) is 6.48. The van der Waals surface area contributed by atoms with Crippen molar-refractivity contribution in [2.75, 3.05) is 0 Å². The highest BCUT2D eigenvalue weighted by atomic mass is 28.2. The number of rotatable bonds is 8. The van der Waals surface area contributed by atoms with Gasteiger partial charge in [-0.15, -0.1) is 0 Å². The van der Waals surface area contributed by atoms with Crippen LogP contribution in [0.1, 0.15) is 75.1 Å². The van der Waals surface area contributed by atoms with E-state index >= 15 is 0 Å². The van der Waals surface area contributed by atoms with Crippen LogP contribution in [0.25, 0.3) is 0 Å². The Morgan fingerprint density at radius 3 is 1.22 bits per heavy atom. The van der Waals surface area contributed by atoms with Gasteiger partial charge in [-0.2, -0.15) is 0 Å². The molecule has 0 aliphatic rings. The second kappa shape index (κ2) is 12.4. The van der Waals surface area contributed by atoms with Crippen LogP contribution in [0.3, 0.4) is 0 Å². The predicted molar refractivity (Wildman–Crippen MR) is 137 cm³/mol. The van der Waals surface area contributed by atoms with Crippen LogP contribution >= 0.6 is 0 Å². The first-order chi connectivity index (χ1) is 15.2. The topological polar surface area (TPSA) is 52.6 Å². The summed E-state index contributed by atoms with van der Waals surface area (Å²) >= 11 is 0. The molecule has 0 amide bonds. The maximum Gasteiger partial charge on any atom is 0.386 e. The summed E-state index contributed by atoms with van der Waals surface area (Å²) in [4.78, 5) is 34.0. The average Bonchev–Trinajstić information content (AvgIpc) is 2.81. The summed E-state index contributed by atoms with van der Waals surface area (Å²) < 4.78 is 0. The molecule has 0 saturated carbocycles. The molecule has 0 saturated heterocycles. The van der Waals surface area contributed by atoms with Gasteiger partial charge < -0.3 is 0 Å². The van der Waals surface area contributed by atoms with E-state index in [1.165, 1.54) is 31.9 Å². The van der Waals surface area contributed by atoms with Crippen molar-refractivity contribution in [1.29, 1.82) is 0 Å². The first-order valence-electron chi connectivity index (χ1n) is 11.2. The molecule has 0 spiro atoms. The summed E-state index contributed by atoms with van der Waals surface area (Å²) in [5.41, 5.74) is 3.59. The van der Waals surface area contributed by atoms with Crippen LogP contribution < -0.4 is 10.4 Å². The Morgan fingerprint density at radius 2 is 0.938 bits per heavy atom. The van der Waals surface area contributed by atoms with Crippen LogP contribution in [0, 0.1) is 0 Å². The van der Waals surface area contributed by atoms with E-state index in [0.29, 0.717) is 11.1 Å². The zero-order valence-electron chi connectivity index (χ0n) is 20.1. The maximum atomic E-state index is 12.2. The van der Waals surface area contributed by atoms with Gasteiger partial charge in [-0.25, -0.2) is 19.4 Å². The number of hydrogen-bond acceptors (Lipinski definition) is 4. The lowest BCUT2D eigenvalue weighted by atomic mass is 10.2. The van der Waals surface area contributed by atoms with Crippen molar-refractivity contribution in [2.45, 2.75) is 54.4 Å². The fourth-order valence-electron chi connectivity index (χ4n) is 3.21. The molecule has 2 rings (SSSR count). The minimum absolute atomic E-state index is 0.360. The van der Waals surface area contributed by atoms with Gasteiger partial charge in [-0.1, -0.05) is 70.0 Å². The highest BCUT2D eigenvalue weighted by Gasteiger charge is 2.14. The van der Waals surface area contributed by atoms with E-state index in [0.717, 1.165) is 12.8 Å². The Labute approximate surface area is 196 Å². The van der Waals surface area contributed by atoms with Crippen molar-refractivity contribution >= 4 is 41.4 Å². The van der Waals surface area contributed by atoms with Crippen molar-refractivity contribution in [1.82, 2.24) is 0 Å². The summed E-state index contributed by atoms with van der Waals surface area (Å²) in [6.45, 7) is 13.0.